The fourth-order valence-electron chi connectivity index (χ4n) is 1.84. The predicted molar refractivity (Wildman–Crippen MR) is 61.0 cm³/mol. The van der Waals surface area contributed by atoms with Crippen molar-refractivity contribution in [2.24, 2.45) is 17.1 Å². The van der Waals surface area contributed by atoms with Crippen LogP contribution >= 0.6 is 0 Å². The van der Waals surface area contributed by atoms with Crippen LogP contribution in [-0.2, 0) is 0 Å². The topological polar surface area (TPSA) is 26.0 Å². The first-order valence-corrected chi connectivity index (χ1v) is 5.66. The molecule has 0 aromatic carbocycles. The molecule has 0 saturated carbocycles. The van der Waals surface area contributed by atoms with Crippen molar-refractivity contribution >= 4 is 0 Å². The molecule has 14 heavy (non-hydrogen) atoms. The summed E-state index contributed by atoms with van der Waals surface area (Å²) in [6, 6.07) is 0. The largest absolute Gasteiger partial charge is 0.328 e. The quantitative estimate of drug-likeness (QED) is 0.727. The maximum atomic E-state index is 14.5. The van der Waals surface area contributed by atoms with Crippen LogP contribution in [0.1, 0.15) is 53.9 Å². The molecule has 0 spiro atoms. The van der Waals surface area contributed by atoms with Crippen molar-refractivity contribution in [2.75, 3.05) is 6.54 Å². The molecule has 0 heterocycles. The normalized spacial score (nSPS) is 19.1. The molecular formula is C12H26FN. The summed E-state index contributed by atoms with van der Waals surface area (Å²) in [5.41, 5.74) is 3.98. The molecule has 1 nitrogen and oxygen atoms in total. The highest BCUT2D eigenvalue weighted by Crippen LogP contribution is 2.39. The van der Waals surface area contributed by atoms with Gasteiger partial charge in [0.1, 0.15) is 5.67 Å². The number of hydrogen-bond acceptors (Lipinski definition) is 1. The summed E-state index contributed by atoms with van der Waals surface area (Å²) < 4.78 is 14.5. The smallest absolute Gasteiger partial charge is 0.128 e. The molecule has 0 aliphatic carbocycles. The lowest BCUT2D eigenvalue weighted by Crippen LogP contribution is -2.46. The molecule has 0 aromatic rings. The lowest BCUT2D eigenvalue weighted by molar-refractivity contribution is 0.0144. The minimum absolute atomic E-state index is 0.130. The highest BCUT2D eigenvalue weighted by atomic mass is 19.1. The Hall–Kier alpha value is -0.110. The zero-order valence-electron chi connectivity index (χ0n) is 10.4. The molecular weight excluding hydrogens is 177 g/mol. The van der Waals surface area contributed by atoms with E-state index in [0.717, 1.165) is 12.8 Å². The van der Waals surface area contributed by atoms with Gasteiger partial charge in [0.15, 0.2) is 0 Å². The Balaban J connectivity index is 4.40. The Morgan fingerprint density at radius 1 is 1.29 bits per heavy atom. The van der Waals surface area contributed by atoms with Gasteiger partial charge in [-0.1, -0.05) is 47.5 Å². The van der Waals surface area contributed by atoms with Crippen LogP contribution in [0, 0.1) is 11.3 Å². The van der Waals surface area contributed by atoms with Crippen molar-refractivity contribution in [1.82, 2.24) is 0 Å². The summed E-state index contributed by atoms with van der Waals surface area (Å²) in [6.07, 6.45) is 2.79. The Kier molecular flexibility index (Phi) is 5.07. The minimum atomic E-state index is -1.22. The Morgan fingerprint density at radius 2 is 1.79 bits per heavy atom. The van der Waals surface area contributed by atoms with Crippen LogP contribution in [0.5, 0.6) is 0 Å². The molecule has 0 saturated heterocycles. The van der Waals surface area contributed by atoms with E-state index in [0.29, 0.717) is 12.3 Å². The summed E-state index contributed by atoms with van der Waals surface area (Å²) in [7, 11) is 0. The second-order valence-electron chi connectivity index (χ2n) is 5.52. The second-order valence-corrected chi connectivity index (χ2v) is 5.52. The Labute approximate surface area is 88.3 Å². The second kappa shape index (κ2) is 5.11. The fraction of sp³-hybridized carbons (Fsp3) is 1.00. The van der Waals surface area contributed by atoms with Gasteiger partial charge in [0, 0.05) is 6.54 Å². The molecule has 86 valence electrons. The molecule has 0 radical (unpaired) electrons. The predicted octanol–water partition coefficient (Wildman–Crippen LogP) is 3.53. The van der Waals surface area contributed by atoms with Crippen LogP contribution in [-0.4, -0.2) is 12.2 Å². The van der Waals surface area contributed by atoms with Crippen molar-refractivity contribution in [1.29, 1.82) is 0 Å². The SMILES string of the molecule is CCCC(C)CC(F)(CN)C(C)(C)C. The zero-order chi connectivity index (χ0) is 11.4. The third-order valence-corrected chi connectivity index (χ3v) is 3.12. The highest BCUT2D eigenvalue weighted by molar-refractivity contribution is 4.93. The van der Waals surface area contributed by atoms with Crippen LogP contribution < -0.4 is 5.73 Å². The van der Waals surface area contributed by atoms with Gasteiger partial charge in [-0.25, -0.2) is 4.39 Å². The van der Waals surface area contributed by atoms with E-state index in [1.165, 1.54) is 0 Å². The van der Waals surface area contributed by atoms with Gasteiger partial charge in [0.2, 0.25) is 0 Å². The first kappa shape index (κ1) is 13.9. The average molecular weight is 203 g/mol. The Bertz CT molecular complexity index is 162. The molecule has 2 atom stereocenters. The van der Waals surface area contributed by atoms with Crippen LogP contribution in [0.15, 0.2) is 0 Å². The molecule has 2 N–H and O–H groups in total. The highest BCUT2D eigenvalue weighted by Gasteiger charge is 2.41. The molecule has 0 fully saturated rings. The van der Waals surface area contributed by atoms with Gasteiger partial charge in [0.05, 0.1) is 0 Å². The maximum absolute atomic E-state index is 14.5. The van der Waals surface area contributed by atoms with Gasteiger partial charge < -0.3 is 5.73 Å². The van der Waals surface area contributed by atoms with E-state index in [1.807, 2.05) is 20.8 Å². The number of rotatable bonds is 5. The lowest BCUT2D eigenvalue weighted by atomic mass is 9.73. The van der Waals surface area contributed by atoms with Gasteiger partial charge in [-0.3, -0.25) is 0 Å². The summed E-state index contributed by atoms with van der Waals surface area (Å²) in [6.45, 7) is 10.2. The van der Waals surface area contributed by atoms with E-state index >= 15 is 0 Å². The summed E-state index contributed by atoms with van der Waals surface area (Å²) in [5, 5.41) is 0. The molecule has 0 amide bonds. The fourth-order valence-corrected chi connectivity index (χ4v) is 1.84. The summed E-state index contributed by atoms with van der Waals surface area (Å²) in [4.78, 5) is 0. The van der Waals surface area contributed by atoms with Crippen molar-refractivity contribution in [3.8, 4) is 0 Å². The minimum Gasteiger partial charge on any atom is -0.328 e. The van der Waals surface area contributed by atoms with E-state index in [4.69, 9.17) is 5.73 Å². The van der Waals surface area contributed by atoms with Crippen LogP contribution in [0.4, 0.5) is 4.39 Å². The van der Waals surface area contributed by atoms with Gasteiger partial charge in [-0.15, -0.1) is 0 Å². The number of alkyl halides is 1. The summed E-state index contributed by atoms with van der Waals surface area (Å²) >= 11 is 0. The lowest BCUT2D eigenvalue weighted by Gasteiger charge is -2.38. The average Bonchev–Trinajstić information content (AvgIpc) is 2.02. The molecule has 2 unspecified atom stereocenters. The monoisotopic (exact) mass is 203 g/mol. The summed E-state index contributed by atoms with van der Waals surface area (Å²) in [5.74, 6) is 0.424. The number of hydrogen-bond donors (Lipinski definition) is 1. The third-order valence-electron chi connectivity index (χ3n) is 3.12. The van der Waals surface area contributed by atoms with Gasteiger partial charge >= 0.3 is 0 Å². The maximum Gasteiger partial charge on any atom is 0.128 e. The van der Waals surface area contributed by atoms with Crippen LogP contribution in [0.2, 0.25) is 0 Å². The Morgan fingerprint density at radius 3 is 2.07 bits per heavy atom. The van der Waals surface area contributed by atoms with Crippen molar-refractivity contribution in [3.63, 3.8) is 0 Å². The van der Waals surface area contributed by atoms with Crippen LogP contribution in [0.3, 0.4) is 0 Å². The van der Waals surface area contributed by atoms with Crippen LogP contribution in [0.25, 0.3) is 0 Å². The van der Waals surface area contributed by atoms with Gasteiger partial charge in [0.25, 0.3) is 0 Å². The van der Waals surface area contributed by atoms with E-state index in [1.54, 1.807) is 0 Å². The molecule has 0 aromatic heterocycles. The van der Waals surface area contributed by atoms with Crippen molar-refractivity contribution in [3.05, 3.63) is 0 Å². The van der Waals surface area contributed by atoms with E-state index in [-0.39, 0.29) is 12.0 Å². The van der Waals surface area contributed by atoms with Gasteiger partial charge in [-0.05, 0) is 17.8 Å². The molecule has 0 rings (SSSR count). The molecule has 0 aliphatic rings. The number of halogens is 1. The standard InChI is InChI=1S/C12H26FN/c1-6-7-10(2)8-12(13,9-14)11(3,4)5/h10H,6-9,14H2,1-5H3. The van der Waals surface area contributed by atoms with E-state index < -0.39 is 5.67 Å². The molecule has 0 bridgehead atoms. The molecule has 0 aliphatic heterocycles. The van der Waals surface area contributed by atoms with E-state index in [9.17, 15) is 4.39 Å². The van der Waals surface area contributed by atoms with E-state index in [2.05, 4.69) is 13.8 Å². The van der Waals surface area contributed by atoms with Gasteiger partial charge in [-0.2, -0.15) is 0 Å². The first-order chi connectivity index (χ1) is 6.27. The van der Waals surface area contributed by atoms with Crippen molar-refractivity contribution < 1.29 is 4.39 Å². The van der Waals surface area contributed by atoms with Crippen molar-refractivity contribution in [2.45, 2.75) is 59.5 Å². The number of nitrogens with two attached hydrogens (primary N) is 1. The zero-order valence-corrected chi connectivity index (χ0v) is 10.4. The molecule has 2 heteroatoms. The third kappa shape index (κ3) is 3.56. The first-order valence-electron chi connectivity index (χ1n) is 5.66.